The van der Waals surface area contributed by atoms with Gasteiger partial charge in [-0.05, 0) is 19.8 Å². The molecule has 0 aromatic carbocycles. The van der Waals surface area contributed by atoms with E-state index in [9.17, 15) is 4.79 Å². The number of thiazole rings is 1. The molecular weight excluding hydrogens is 318 g/mol. The monoisotopic (exact) mass is 323 g/mol. The van der Waals surface area contributed by atoms with Crippen LogP contribution in [0.15, 0.2) is 0 Å². The summed E-state index contributed by atoms with van der Waals surface area (Å²) in [5, 5.41) is 0.969. The van der Waals surface area contributed by atoms with Crippen molar-refractivity contribution in [2.24, 2.45) is 0 Å². The number of fused-ring (bicyclic) bond motifs is 1. The molecule has 0 saturated carbocycles. The van der Waals surface area contributed by atoms with Gasteiger partial charge in [0.1, 0.15) is 8.93 Å². The van der Waals surface area contributed by atoms with Crippen molar-refractivity contribution in [3.05, 3.63) is 15.6 Å². The molecule has 70 valence electrons. The van der Waals surface area contributed by atoms with E-state index in [1.807, 2.05) is 6.92 Å². The first-order chi connectivity index (χ1) is 6.00. The minimum atomic E-state index is -0.576. The van der Waals surface area contributed by atoms with E-state index < -0.39 is 3.23 Å². The van der Waals surface area contributed by atoms with Gasteiger partial charge in [-0.3, -0.25) is 4.79 Å². The van der Waals surface area contributed by atoms with Crippen molar-refractivity contribution in [2.75, 3.05) is 0 Å². The van der Waals surface area contributed by atoms with Gasteiger partial charge in [0.05, 0.1) is 5.01 Å². The Kier molecular flexibility index (Phi) is 2.37. The lowest BCUT2D eigenvalue weighted by atomic mass is 10.0. The summed E-state index contributed by atoms with van der Waals surface area (Å²) in [5.74, 6) is 0.0538. The van der Waals surface area contributed by atoms with Crippen molar-refractivity contribution in [3.8, 4) is 0 Å². The topological polar surface area (TPSA) is 30.0 Å². The molecule has 13 heavy (non-hydrogen) atoms. The van der Waals surface area contributed by atoms with Crippen molar-refractivity contribution in [1.29, 1.82) is 0 Å². The van der Waals surface area contributed by atoms with E-state index in [0.717, 1.165) is 22.7 Å². The molecule has 1 heterocycles. The standard InChI is InChI=1S/C8H7Br2NOS/c1-4-11-6-5(13-4)2-3-8(9,10)7(6)12/h2-3H2,1H3. The lowest BCUT2D eigenvalue weighted by molar-refractivity contribution is 0.0968. The van der Waals surface area contributed by atoms with Crippen LogP contribution in [-0.2, 0) is 6.42 Å². The molecule has 0 N–H and O–H groups in total. The Morgan fingerprint density at radius 1 is 1.54 bits per heavy atom. The van der Waals surface area contributed by atoms with E-state index in [0.29, 0.717) is 5.69 Å². The number of Topliss-reactive ketones (excluding diaryl/α,β-unsaturated/α-hetero) is 1. The first-order valence-corrected chi connectivity index (χ1v) is 6.30. The normalized spacial score (nSPS) is 20.1. The van der Waals surface area contributed by atoms with Crippen molar-refractivity contribution < 1.29 is 4.79 Å². The van der Waals surface area contributed by atoms with Crippen LogP contribution in [0.5, 0.6) is 0 Å². The lowest BCUT2D eigenvalue weighted by Crippen LogP contribution is -2.30. The summed E-state index contributed by atoms with van der Waals surface area (Å²) >= 11 is 8.36. The van der Waals surface area contributed by atoms with Crippen LogP contribution in [0, 0.1) is 6.92 Å². The molecule has 0 unspecified atom stereocenters. The molecule has 1 aromatic heterocycles. The van der Waals surface area contributed by atoms with Crippen LogP contribution in [0.25, 0.3) is 0 Å². The van der Waals surface area contributed by atoms with Crippen molar-refractivity contribution in [1.82, 2.24) is 4.98 Å². The van der Waals surface area contributed by atoms with Crippen LogP contribution in [0.2, 0.25) is 0 Å². The number of hydrogen-bond acceptors (Lipinski definition) is 3. The summed E-state index contributed by atoms with van der Waals surface area (Å²) < 4.78 is -0.576. The van der Waals surface area contributed by atoms with Gasteiger partial charge >= 0.3 is 0 Å². The molecule has 0 aliphatic heterocycles. The molecule has 0 amide bonds. The second-order valence-electron chi connectivity index (χ2n) is 3.04. The summed E-state index contributed by atoms with van der Waals surface area (Å²) in [4.78, 5) is 17.2. The molecule has 0 atom stereocenters. The van der Waals surface area contributed by atoms with E-state index in [4.69, 9.17) is 0 Å². The number of aromatic nitrogens is 1. The average Bonchev–Trinajstić information content (AvgIpc) is 2.40. The highest BCUT2D eigenvalue weighted by Crippen LogP contribution is 2.41. The second-order valence-corrected chi connectivity index (χ2v) is 8.10. The maximum atomic E-state index is 11.8. The van der Waals surface area contributed by atoms with Crippen molar-refractivity contribution >= 4 is 49.0 Å². The van der Waals surface area contributed by atoms with Gasteiger partial charge in [-0.1, -0.05) is 31.9 Å². The van der Waals surface area contributed by atoms with Crippen molar-refractivity contribution in [2.45, 2.75) is 23.0 Å². The number of aryl methyl sites for hydroxylation is 2. The van der Waals surface area contributed by atoms with E-state index >= 15 is 0 Å². The third-order valence-electron chi connectivity index (χ3n) is 2.02. The number of ketones is 1. The van der Waals surface area contributed by atoms with Gasteiger partial charge in [-0.25, -0.2) is 4.98 Å². The molecule has 2 nitrogen and oxygen atoms in total. The van der Waals surface area contributed by atoms with Crippen LogP contribution in [0.1, 0.15) is 26.8 Å². The number of hydrogen-bond donors (Lipinski definition) is 0. The number of carbonyl (C=O) groups is 1. The number of alkyl halides is 2. The molecule has 0 fully saturated rings. The zero-order valence-corrected chi connectivity index (χ0v) is 10.9. The SMILES string of the molecule is Cc1nc2c(s1)CCC(Br)(Br)C2=O. The molecule has 1 aliphatic carbocycles. The Hall–Kier alpha value is 0.260. The lowest BCUT2D eigenvalue weighted by Gasteiger charge is -2.22. The molecule has 1 aliphatic rings. The highest BCUT2D eigenvalue weighted by atomic mass is 79.9. The highest BCUT2D eigenvalue weighted by Gasteiger charge is 2.40. The Balaban J connectivity index is 2.51. The van der Waals surface area contributed by atoms with E-state index in [1.54, 1.807) is 11.3 Å². The molecular formula is C8H7Br2NOS. The third-order valence-corrected chi connectivity index (χ3v) is 4.56. The van der Waals surface area contributed by atoms with E-state index in [1.165, 1.54) is 0 Å². The number of carbonyl (C=O) groups excluding carboxylic acids is 1. The third kappa shape index (κ3) is 1.62. The first-order valence-electron chi connectivity index (χ1n) is 3.89. The predicted molar refractivity (Wildman–Crippen MR) is 60.1 cm³/mol. The Bertz CT molecular complexity index is 372. The molecule has 0 saturated heterocycles. The van der Waals surface area contributed by atoms with Gasteiger partial charge in [-0.2, -0.15) is 0 Å². The van der Waals surface area contributed by atoms with Crippen LogP contribution in [0.4, 0.5) is 0 Å². The molecule has 5 heteroatoms. The average molecular weight is 325 g/mol. The smallest absolute Gasteiger partial charge is 0.209 e. The molecule has 1 aromatic rings. The summed E-state index contributed by atoms with van der Waals surface area (Å²) in [7, 11) is 0. The molecule has 0 spiro atoms. The fraction of sp³-hybridized carbons (Fsp3) is 0.500. The van der Waals surface area contributed by atoms with Gasteiger partial charge in [-0.15, -0.1) is 11.3 Å². The fourth-order valence-corrected chi connectivity index (χ4v) is 3.08. The largest absolute Gasteiger partial charge is 0.290 e. The van der Waals surface area contributed by atoms with E-state index in [-0.39, 0.29) is 5.78 Å². The van der Waals surface area contributed by atoms with Crippen LogP contribution in [-0.4, -0.2) is 14.0 Å². The molecule has 0 radical (unpaired) electrons. The van der Waals surface area contributed by atoms with Gasteiger partial charge in [0.15, 0.2) is 0 Å². The molecule has 0 bridgehead atoms. The maximum Gasteiger partial charge on any atom is 0.209 e. The van der Waals surface area contributed by atoms with Gasteiger partial charge in [0.25, 0.3) is 0 Å². The van der Waals surface area contributed by atoms with E-state index in [2.05, 4.69) is 36.8 Å². The zero-order chi connectivity index (χ0) is 9.64. The number of rotatable bonds is 0. The Morgan fingerprint density at radius 2 is 2.23 bits per heavy atom. The number of halogens is 2. The van der Waals surface area contributed by atoms with Gasteiger partial charge < -0.3 is 0 Å². The van der Waals surface area contributed by atoms with Crippen molar-refractivity contribution in [3.63, 3.8) is 0 Å². The summed E-state index contributed by atoms with van der Waals surface area (Å²) in [6, 6.07) is 0. The van der Waals surface area contributed by atoms with Gasteiger partial charge in [0, 0.05) is 4.88 Å². The maximum absolute atomic E-state index is 11.8. The molecule has 2 rings (SSSR count). The second kappa shape index (κ2) is 3.14. The van der Waals surface area contributed by atoms with Crippen LogP contribution >= 0.6 is 43.2 Å². The number of nitrogens with zero attached hydrogens (tertiary/aromatic N) is 1. The highest BCUT2D eigenvalue weighted by molar-refractivity contribution is 9.26. The minimum absolute atomic E-state index is 0.0538. The predicted octanol–water partition coefficient (Wildman–Crippen LogP) is 3.07. The minimum Gasteiger partial charge on any atom is -0.290 e. The van der Waals surface area contributed by atoms with Crippen LogP contribution < -0.4 is 0 Å². The Morgan fingerprint density at radius 3 is 2.92 bits per heavy atom. The first kappa shape index (κ1) is 9.80. The van der Waals surface area contributed by atoms with Gasteiger partial charge in [0.2, 0.25) is 5.78 Å². The van der Waals surface area contributed by atoms with Crippen LogP contribution in [0.3, 0.4) is 0 Å². The summed E-state index contributed by atoms with van der Waals surface area (Å²) in [6.07, 6.45) is 1.71. The summed E-state index contributed by atoms with van der Waals surface area (Å²) in [5.41, 5.74) is 0.641. The zero-order valence-electron chi connectivity index (χ0n) is 6.93. The quantitative estimate of drug-likeness (QED) is 0.686. The Labute approximate surface area is 97.0 Å². The summed E-state index contributed by atoms with van der Waals surface area (Å²) in [6.45, 7) is 1.93. The fourth-order valence-electron chi connectivity index (χ4n) is 1.37.